The molecule has 2 unspecified atom stereocenters. The molecule has 4 amide bonds. The van der Waals surface area contributed by atoms with Crippen molar-refractivity contribution in [1.82, 2.24) is 20.0 Å². The van der Waals surface area contributed by atoms with Gasteiger partial charge in [0, 0.05) is 32.7 Å². The lowest BCUT2D eigenvalue weighted by molar-refractivity contribution is -0.140. The number of imide groups is 1. The monoisotopic (exact) mass is 436 g/mol. The van der Waals surface area contributed by atoms with Crippen LogP contribution in [0.15, 0.2) is 0 Å². The Labute approximate surface area is 186 Å². The molecule has 8 heteroatoms. The minimum atomic E-state index is -0.810. The zero-order valence-corrected chi connectivity index (χ0v) is 19.4. The minimum Gasteiger partial charge on any atom is -0.379 e. The predicted octanol–water partition coefficient (Wildman–Crippen LogP) is 2.23. The van der Waals surface area contributed by atoms with E-state index in [-0.39, 0.29) is 24.3 Å². The summed E-state index contributed by atoms with van der Waals surface area (Å²) in [5, 5.41) is 2.95. The first-order valence-electron chi connectivity index (χ1n) is 12.2. The summed E-state index contributed by atoms with van der Waals surface area (Å²) in [6.45, 7) is 9.35. The molecule has 1 saturated carbocycles. The molecule has 0 bridgehead atoms. The van der Waals surface area contributed by atoms with Crippen LogP contribution in [-0.4, -0.2) is 90.6 Å². The molecule has 0 aromatic rings. The molecule has 1 aliphatic carbocycles. The quantitative estimate of drug-likeness (QED) is 0.419. The van der Waals surface area contributed by atoms with E-state index in [1.165, 1.54) is 0 Å². The second kappa shape index (κ2) is 11.3. The summed E-state index contributed by atoms with van der Waals surface area (Å²) < 4.78 is 5.41. The number of nitrogens with one attached hydrogen (secondary N) is 1. The van der Waals surface area contributed by atoms with E-state index < -0.39 is 11.6 Å². The van der Waals surface area contributed by atoms with E-state index in [1.807, 2.05) is 11.8 Å². The average molecular weight is 437 g/mol. The van der Waals surface area contributed by atoms with Crippen molar-refractivity contribution in [1.29, 1.82) is 0 Å². The van der Waals surface area contributed by atoms with Gasteiger partial charge in [0.15, 0.2) is 0 Å². The Balaban J connectivity index is 1.60. The zero-order valence-electron chi connectivity index (χ0n) is 19.4. The molecule has 8 nitrogen and oxygen atoms in total. The maximum atomic E-state index is 13.2. The second-order valence-electron chi connectivity index (χ2n) is 9.34. The third-order valence-electron chi connectivity index (χ3n) is 7.22. The van der Waals surface area contributed by atoms with E-state index in [4.69, 9.17) is 4.74 Å². The van der Waals surface area contributed by atoms with Crippen LogP contribution in [0, 0.1) is 5.92 Å². The Morgan fingerprint density at radius 2 is 1.94 bits per heavy atom. The van der Waals surface area contributed by atoms with Crippen molar-refractivity contribution in [3.05, 3.63) is 0 Å². The van der Waals surface area contributed by atoms with Gasteiger partial charge in [-0.05, 0) is 25.2 Å². The lowest BCUT2D eigenvalue weighted by Gasteiger charge is -2.37. The van der Waals surface area contributed by atoms with Crippen LogP contribution in [0.3, 0.4) is 0 Å². The molecule has 0 aromatic carbocycles. The largest absolute Gasteiger partial charge is 0.379 e. The first-order chi connectivity index (χ1) is 15.0. The van der Waals surface area contributed by atoms with Crippen LogP contribution in [0.1, 0.15) is 65.2 Å². The van der Waals surface area contributed by atoms with Crippen LogP contribution >= 0.6 is 0 Å². The molecule has 2 aliphatic heterocycles. The van der Waals surface area contributed by atoms with Crippen LogP contribution in [-0.2, 0) is 14.3 Å². The molecule has 2 heterocycles. The van der Waals surface area contributed by atoms with Crippen LogP contribution in [0.2, 0.25) is 0 Å². The highest BCUT2D eigenvalue weighted by atomic mass is 16.5. The highest BCUT2D eigenvalue weighted by Gasteiger charge is 2.55. The van der Waals surface area contributed by atoms with E-state index >= 15 is 0 Å². The molecule has 0 aromatic heterocycles. The molecule has 176 valence electrons. The van der Waals surface area contributed by atoms with Crippen molar-refractivity contribution in [3.8, 4) is 0 Å². The number of carbonyl (C=O) groups is 3. The number of rotatable bonds is 10. The van der Waals surface area contributed by atoms with Crippen molar-refractivity contribution in [2.24, 2.45) is 5.92 Å². The van der Waals surface area contributed by atoms with Crippen LogP contribution < -0.4 is 5.32 Å². The molecule has 1 N–H and O–H groups in total. The molecule has 0 radical (unpaired) electrons. The predicted molar refractivity (Wildman–Crippen MR) is 119 cm³/mol. The molecule has 2 saturated heterocycles. The summed E-state index contributed by atoms with van der Waals surface area (Å²) in [7, 11) is 0. The summed E-state index contributed by atoms with van der Waals surface area (Å²) in [5.74, 6) is -0.241. The molecular formula is C23H40N4O4. The van der Waals surface area contributed by atoms with Gasteiger partial charge in [0.05, 0.1) is 13.2 Å². The highest BCUT2D eigenvalue weighted by molar-refractivity contribution is 6.09. The summed E-state index contributed by atoms with van der Waals surface area (Å²) in [6, 6.07) is -0.411. The van der Waals surface area contributed by atoms with E-state index in [2.05, 4.69) is 17.1 Å². The number of morpholine rings is 1. The standard InChI is InChI=1S/C23H40N4O4/c1-3-4-5-8-11-26(13-12-25-14-16-31-17-15-25)20(28)18-27-21(29)23(24-22(27)30)10-7-6-9-19(23)2/h19H,3-18H2,1-2H3,(H,24,30). The number of nitrogens with zero attached hydrogens (tertiary/aromatic N) is 3. The van der Waals surface area contributed by atoms with Gasteiger partial charge in [0.1, 0.15) is 12.1 Å². The Morgan fingerprint density at radius 3 is 2.65 bits per heavy atom. The Bertz CT molecular complexity index is 637. The number of hydrogen-bond donors (Lipinski definition) is 1. The van der Waals surface area contributed by atoms with Gasteiger partial charge in [-0.3, -0.25) is 19.4 Å². The normalized spacial score (nSPS) is 27.0. The molecule has 3 fully saturated rings. The fraction of sp³-hybridized carbons (Fsp3) is 0.870. The van der Waals surface area contributed by atoms with Gasteiger partial charge >= 0.3 is 6.03 Å². The van der Waals surface area contributed by atoms with E-state index in [9.17, 15) is 14.4 Å². The lowest BCUT2D eigenvalue weighted by atomic mass is 9.73. The summed E-state index contributed by atoms with van der Waals surface area (Å²) in [4.78, 5) is 44.4. The first-order valence-corrected chi connectivity index (χ1v) is 12.2. The fourth-order valence-corrected chi connectivity index (χ4v) is 5.05. The van der Waals surface area contributed by atoms with Crippen molar-refractivity contribution in [2.75, 3.05) is 52.5 Å². The van der Waals surface area contributed by atoms with Gasteiger partial charge in [0.2, 0.25) is 5.91 Å². The van der Waals surface area contributed by atoms with Crippen molar-refractivity contribution >= 4 is 17.8 Å². The maximum Gasteiger partial charge on any atom is 0.325 e. The van der Waals surface area contributed by atoms with Gasteiger partial charge < -0.3 is 15.0 Å². The van der Waals surface area contributed by atoms with Crippen LogP contribution in [0.5, 0.6) is 0 Å². The fourth-order valence-electron chi connectivity index (χ4n) is 5.05. The molecular weight excluding hydrogens is 396 g/mol. The number of urea groups is 1. The second-order valence-corrected chi connectivity index (χ2v) is 9.34. The molecule has 3 aliphatic rings. The van der Waals surface area contributed by atoms with E-state index in [1.54, 1.807) is 0 Å². The van der Waals surface area contributed by atoms with E-state index in [0.29, 0.717) is 19.5 Å². The SMILES string of the molecule is CCCCCCN(CCN1CCOCC1)C(=O)CN1C(=O)NC2(CCCCC2C)C1=O. The maximum absolute atomic E-state index is 13.2. The van der Waals surface area contributed by atoms with Gasteiger partial charge in [-0.15, -0.1) is 0 Å². The first kappa shape index (κ1) is 24.0. The molecule has 3 rings (SSSR count). The number of ether oxygens (including phenoxy) is 1. The summed E-state index contributed by atoms with van der Waals surface area (Å²) in [5.41, 5.74) is -0.810. The number of hydrogen-bond acceptors (Lipinski definition) is 5. The third-order valence-corrected chi connectivity index (χ3v) is 7.22. The third kappa shape index (κ3) is 5.77. The van der Waals surface area contributed by atoms with Gasteiger partial charge in [-0.1, -0.05) is 46.0 Å². The van der Waals surface area contributed by atoms with Crippen molar-refractivity contribution in [2.45, 2.75) is 70.8 Å². The van der Waals surface area contributed by atoms with Gasteiger partial charge in [-0.25, -0.2) is 4.79 Å². The molecule has 31 heavy (non-hydrogen) atoms. The van der Waals surface area contributed by atoms with Crippen molar-refractivity contribution < 1.29 is 19.1 Å². The van der Waals surface area contributed by atoms with Crippen LogP contribution in [0.4, 0.5) is 4.79 Å². The minimum absolute atomic E-state index is 0.101. The van der Waals surface area contributed by atoms with Gasteiger partial charge in [-0.2, -0.15) is 0 Å². The Morgan fingerprint density at radius 1 is 1.16 bits per heavy atom. The number of amides is 4. The number of carbonyl (C=O) groups excluding carboxylic acids is 3. The molecule has 1 spiro atoms. The summed E-state index contributed by atoms with van der Waals surface area (Å²) in [6.07, 6.45) is 7.94. The lowest BCUT2D eigenvalue weighted by Crippen LogP contribution is -2.54. The van der Waals surface area contributed by atoms with Gasteiger partial charge in [0.25, 0.3) is 5.91 Å². The molecule has 2 atom stereocenters. The Hall–Kier alpha value is -1.67. The Kier molecular flexibility index (Phi) is 8.72. The van der Waals surface area contributed by atoms with Crippen LogP contribution in [0.25, 0.3) is 0 Å². The summed E-state index contributed by atoms with van der Waals surface area (Å²) >= 11 is 0. The van der Waals surface area contributed by atoms with Crippen molar-refractivity contribution in [3.63, 3.8) is 0 Å². The average Bonchev–Trinajstić information content (AvgIpc) is 3.01. The zero-order chi connectivity index (χ0) is 22.3. The number of unbranched alkanes of at least 4 members (excludes halogenated alkanes) is 3. The highest BCUT2D eigenvalue weighted by Crippen LogP contribution is 2.38. The van der Waals surface area contributed by atoms with E-state index in [0.717, 1.165) is 82.7 Å². The topological polar surface area (TPSA) is 82.2 Å². The smallest absolute Gasteiger partial charge is 0.325 e.